The second-order valence-electron chi connectivity index (χ2n) is 4.84. The first-order chi connectivity index (χ1) is 10.7. The van der Waals surface area contributed by atoms with Crippen LogP contribution in [0.3, 0.4) is 0 Å². The van der Waals surface area contributed by atoms with Crippen LogP contribution >= 0.6 is 11.8 Å². The van der Waals surface area contributed by atoms with E-state index in [0.717, 1.165) is 27.3 Å². The molecule has 2 aromatic rings. The summed E-state index contributed by atoms with van der Waals surface area (Å²) in [6, 6.07) is 15.7. The van der Waals surface area contributed by atoms with Gasteiger partial charge in [0.25, 0.3) is 0 Å². The van der Waals surface area contributed by atoms with Crippen LogP contribution in [0.5, 0.6) is 0 Å². The molecule has 22 heavy (non-hydrogen) atoms. The molecule has 0 N–H and O–H groups in total. The Balaban J connectivity index is 2.18. The molecule has 2 aromatic carbocycles. The summed E-state index contributed by atoms with van der Waals surface area (Å²) in [4.78, 5) is 12.7. The van der Waals surface area contributed by atoms with Gasteiger partial charge in [-0.05, 0) is 28.8 Å². The van der Waals surface area contributed by atoms with Crippen LogP contribution in [0.4, 0.5) is 0 Å². The molecule has 0 aliphatic carbocycles. The van der Waals surface area contributed by atoms with Gasteiger partial charge in [-0.2, -0.15) is 5.26 Å². The van der Waals surface area contributed by atoms with Crippen LogP contribution in [-0.2, 0) is 10.5 Å². The van der Waals surface area contributed by atoms with E-state index in [4.69, 9.17) is 10.00 Å². The standard InChI is InChI=1S/C18H13NO2S/c1-21-18(20)12-6-7-16-15(8-9-19)14-5-3-2-4-13(14)11-22-17(16)10-12/h2-8,10H,11H2,1H3/b15-8-. The molecule has 0 unspecified atom stereocenters. The van der Waals surface area contributed by atoms with Crippen molar-refractivity contribution >= 4 is 23.3 Å². The van der Waals surface area contributed by atoms with E-state index in [2.05, 4.69) is 12.1 Å². The molecule has 0 radical (unpaired) electrons. The van der Waals surface area contributed by atoms with Crippen molar-refractivity contribution in [3.63, 3.8) is 0 Å². The Hall–Kier alpha value is -2.51. The molecule has 0 amide bonds. The van der Waals surface area contributed by atoms with Gasteiger partial charge < -0.3 is 4.74 Å². The number of carbonyl (C=O) groups is 1. The average molecular weight is 307 g/mol. The highest BCUT2D eigenvalue weighted by Crippen LogP contribution is 2.40. The van der Waals surface area contributed by atoms with Crippen LogP contribution in [0, 0.1) is 11.3 Å². The minimum absolute atomic E-state index is 0.351. The number of methoxy groups -OCH3 is 1. The highest BCUT2D eigenvalue weighted by atomic mass is 32.2. The molecule has 0 bridgehead atoms. The Bertz CT molecular complexity index is 818. The van der Waals surface area contributed by atoms with Gasteiger partial charge in [0.15, 0.2) is 0 Å². The number of allylic oxidation sites excluding steroid dienone is 1. The Labute approximate surface area is 133 Å². The molecule has 108 valence electrons. The molecule has 0 saturated heterocycles. The van der Waals surface area contributed by atoms with Crippen LogP contribution in [0.25, 0.3) is 5.57 Å². The topological polar surface area (TPSA) is 50.1 Å². The third-order valence-electron chi connectivity index (χ3n) is 3.59. The summed E-state index contributed by atoms with van der Waals surface area (Å²) >= 11 is 1.67. The Kier molecular flexibility index (Phi) is 3.99. The molecule has 1 heterocycles. The maximum Gasteiger partial charge on any atom is 0.337 e. The molecule has 0 fully saturated rings. The van der Waals surface area contributed by atoms with E-state index in [9.17, 15) is 4.79 Å². The van der Waals surface area contributed by atoms with Crippen molar-refractivity contribution in [2.45, 2.75) is 10.6 Å². The lowest BCUT2D eigenvalue weighted by Gasteiger charge is -2.10. The second-order valence-corrected chi connectivity index (χ2v) is 5.85. The number of nitriles is 1. The molecule has 4 heteroatoms. The number of nitrogens with zero attached hydrogens (tertiary/aromatic N) is 1. The Morgan fingerprint density at radius 3 is 2.86 bits per heavy atom. The maximum atomic E-state index is 11.7. The Morgan fingerprint density at radius 1 is 1.27 bits per heavy atom. The zero-order valence-electron chi connectivity index (χ0n) is 12.0. The number of rotatable bonds is 1. The number of hydrogen-bond acceptors (Lipinski definition) is 4. The van der Waals surface area contributed by atoms with Gasteiger partial charge >= 0.3 is 5.97 Å². The summed E-state index contributed by atoms with van der Waals surface area (Å²) in [6.45, 7) is 0. The van der Waals surface area contributed by atoms with Gasteiger partial charge in [-0.15, -0.1) is 11.8 Å². The zero-order valence-corrected chi connectivity index (χ0v) is 12.8. The molecule has 3 nitrogen and oxygen atoms in total. The largest absolute Gasteiger partial charge is 0.465 e. The van der Waals surface area contributed by atoms with E-state index in [0.29, 0.717) is 5.56 Å². The van der Waals surface area contributed by atoms with Gasteiger partial charge in [-0.1, -0.05) is 30.3 Å². The number of thioether (sulfide) groups is 1. The SMILES string of the molecule is COC(=O)c1ccc2c(c1)SCc1ccccc1/C2=C/C#N. The second kappa shape index (κ2) is 6.08. The van der Waals surface area contributed by atoms with Crippen molar-refractivity contribution in [3.05, 3.63) is 70.8 Å². The molecular formula is C18H13NO2S. The quantitative estimate of drug-likeness (QED) is 0.589. The predicted molar refractivity (Wildman–Crippen MR) is 86.5 cm³/mol. The molecule has 3 rings (SSSR count). The Morgan fingerprint density at radius 2 is 2.09 bits per heavy atom. The lowest BCUT2D eigenvalue weighted by molar-refractivity contribution is 0.0600. The van der Waals surface area contributed by atoms with E-state index in [-0.39, 0.29) is 5.97 Å². The van der Waals surface area contributed by atoms with Crippen molar-refractivity contribution < 1.29 is 9.53 Å². The summed E-state index contributed by atoms with van der Waals surface area (Å²) in [5, 5.41) is 9.14. The smallest absolute Gasteiger partial charge is 0.337 e. The summed E-state index contributed by atoms with van der Waals surface area (Å²) in [5.74, 6) is 0.451. The van der Waals surface area contributed by atoms with Crippen molar-refractivity contribution in [2.24, 2.45) is 0 Å². The van der Waals surface area contributed by atoms with Crippen LogP contribution in [0.15, 0.2) is 53.4 Å². The van der Waals surface area contributed by atoms with E-state index in [1.54, 1.807) is 23.9 Å². The summed E-state index contributed by atoms with van der Waals surface area (Å²) in [7, 11) is 1.37. The first-order valence-electron chi connectivity index (χ1n) is 6.78. The van der Waals surface area contributed by atoms with Crippen molar-refractivity contribution in [1.29, 1.82) is 5.26 Å². The molecule has 1 aliphatic rings. The van der Waals surface area contributed by atoms with E-state index in [1.807, 2.05) is 30.3 Å². The van der Waals surface area contributed by atoms with Crippen LogP contribution in [0.2, 0.25) is 0 Å². The number of benzene rings is 2. The number of fused-ring (bicyclic) bond motifs is 2. The average Bonchev–Trinajstić information content (AvgIpc) is 2.72. The fourth-order valence-corrected chi connectivity index (χ4v) is 3.65. The van der Waals surface area contributed by atoms with Crippen LogP contribution in [0.1, 0.15) is 27.0 Å². The van der Waals surface area contributed by atoms with Gasteiger partial charge in [0.1, 0.15) is 0 Å². The lowest BCUT2D eigenvalue weighted by Crippen LogP contribution is -2.02. The minimum Gasteiger partial charge on any atom is -0.465 e. The highest BCUT2D eigenvalue weighted by Gasteiger charge is 2.19. The monoisotopic (exact) mass is 307 g/mol. The van der Waals surface area contributed by atoms with Crippen molar-refractivity contribution in [2.75, 3.05) is 7.11 Å². The van der Waals surface area contributed by atoms with Crippen molar-refractivity contribution in [1.82, 2.24) is 0 Å². The van der Waals surface area contributed by atoms with Gasteiger partial charge in [-0.3, -0.25) is 0 Å². The van der Waals surface area contributed by atoms with Gasteiger partial charge in [0.2, 0.25) is 0 Å². The highest BCUT2D eigenvalue weighted by molar-refractivity contribution is 7.98. The summed E-state index contributed by atoms with van der Waals surface area (Å²) in [6.07, 6.45) is 1.57. The summed E-state index contributed by atoms with van der Waals surface area (Å²) in [5.41, 5.74) is 4.65. The fraction of sp³-hybridized carbons (Fsp3) is 0.111. The first-order valence-corrected chi connectivity index (χ1v) is 7.76. The normalized spacial score (nSPS) is 14.5. The minimum atomic E-state index is -0.351. The molecule has 1 aliphatic heterocycles. The summed E-state index contributed by atoms with van der Waals surface area (Å²) < 4.78 is 4.78. The number of hydrogen-bond donors (Lipinski definition) is 0. The molecule has 0 aromatic heterocycles. The van der Waals surface area contributed by atoms with Crippen LogP contribution < -0.4 is 0 Å². The maximum absolute atomic E-state index is 11.7. The van der Waals surface area contributed by atoms with Crippen LogP contribution in [-0.4, -0.2) is 13.1 Å². The first kappa shape index (κ1) is 14.4. The molecular weight excluding hydrogens is 294 g/mol. The fourth-order valence-electron chi connectivity index (χ4n) is 2.54. The van der Waals surface area contributed by atoms with Crippen molar-refractivity contribution in [3.8, 4) is 6.07 Å². The van der Waals surface area contributed by atoms with Gasteiger partial charge in [0.05, 0.1) is 18.7 Å². The number of carbonyl (C=O) groups excluding carboxylic acids is 1. The van der Waals surface area contributed by atoms with Gasteiger partial charge in [0, 0.05) is 22.3 Å². The number of ether oxygens (including phenoxy) is 1. The van der Waals surface area contributed by atoms with E-state index in [1.165, 1.54) is 12.7 Å². The lowest BCUT2D eigenvalue weighted by atomic mass is 9.93. The molecule has 0 saturated carbocycles. The van der Waals surface area contributed by atoms with E-state index >= 15 is 0 Å². The molecule has 0 atom stereocenters. The number of esters is 1. The third kappa shape index (κ3) is 2.51. The third-order valence-corrected chi connectivity index (χ3v) is 4.70. The molecule has 0 spiro atoms. The van der Waals surface area contributed by atoms with E-state index < -0.39 is 0 Å². The van der Waals surface area contributed by atoms with Gasteiger partial charge in [-0.25, -0.2) is 4.79 Å². The zero-order chi connectivity index (χ0) is 15.5. The predicted octanol–water partition coefficient (Wildman–Crippen LogP) is 4.03.